The van der Waals surface area contributed by atoms with Crippen molar-refractivity contribution in [2.24, 2.45) is 11.3 Å². The summed E-state index contributed by atoms with van der Waals surface area (Å²) >= 11 is 0. The summed E-state index contributed by atoms with van der Waals surface area (Å²) in [5, 5.41) is 0. The van der Waals surface area contributed by atoms with E-state index in [-0.39, 0.29) is 11.5 Å². The molecule has 1 fully saturated rings. The molecule has 0 bridgehead atoms. The molecule has 106 valence electrons. The summed E-state index contributed by atoms with van der Waals surface area (Å²) in [4.78, 5) is 2.41. The van der Waals surface area contributed by atoms with Crippen LogP contribution in [0.1, 0.15) is 39.2 Å². The lowest BCUT2D eigenvalue weighted by molar-refractivity contribution is 0.108. The van der Waals surface area contributed by atoms with Gasteiger partial charge in [0, 0.05) is 6.54 Å². The number of halogens is 1. The molecule has 0 aliphatic carbocycles. The van der Waals surface area contributed by atoms with Crippen LogP contribution < -0.4 is 5.73 Å². The highest BCUT2D eigenvalue weighted by molar-refractivity contribution is 5.41. The molecule has 2 rings (SSSR count). The quantitative estimate of drug-likeness (QED) is 0.826. The van der Waals surface area contributed by atoms with Crippen LogP contribution in [0.4, 0.5) is 10.1 Å². The Morgan fingerprint density at radius 2 is 1.89 bits per heavy atom. The van der Waals surface area contributed by atoms with Gasteiger partial charge in [0.15, 0.2) is 0 Å². The minimum atomic E-state index is -0.304. The van der Waals surface area contributed by atoms with Gasteiger partial charge in [-0.25, -0.2) is 4.39 Å². The molecule has 1 heterocycles. The highest BCUT2D eigenvalue weighted by atomic mass is 19.1. The topological polar surface area (TPSA) is 29.3 Å². The number of likely N-dealkylation sites (tertiary alicyclic amines) is 1. The number of anilines is 1. The normalized spacial score (nSPS) is 18.7. The second-order valence-electron chi connectivity index (χ2n) is 6.77. The Kier molecular flexibility index (Phi) is 4.14. The van der Waals surface area contributed by atoms with E-state index >= 15 is 0 Å². The number of nitrogens with zero attached hydrogens (tertiary/aromatic N) is 1. The lowest BCUT2D eigenvalue weighted by Crippen LogP contribution is -2.37. The molecule has 1 aliphatic heterocycles. The van der Waals surface area contributed by atoms with Crippen molar-refractivity contribution in [3.63, 3.8) is 0 Å². The molecular formula is C16H25FN2. The fourth-order valence-corrected chi connectivity index (χ4v) is 2.88. The number of hydrogen-bond acceptors (Lipinski definition) is 2. The summed E-state index contributed by atoms with van der Waals surface area (Å²) in [5.74, 6) is 0.494. The molecular weight excluding hydrogens is 239 g/mol. The first-order valence-electron chi connectivity index (χ1n) is 7.12. The predicted molar refractivity (Wildman–Crippen MR) is 78.3 cm³/mol. The summed E-state index contributed by atoms with van der Waals surface area (Å²) in [7, 11) is 0. The van der Waals surface area contributed by atoms with Crippen molar-refractivity contribution in [3.05, 3.63) is 29.6 Å². The number of benzene rings is 1. The van der Waals surface area contributed by atoms with Gasteiger partial charge in [0.1, 0.15) is 5.82 Å². The van der Waals surface area contributed by atoms with Gasteiger partial charge in [-0.15, -0.1) is 0 Å². The molecule has 2 N–H and O–H groups in total. The summed E-state index contributed by atoms with van der Waals surface area (Å²) in [6.45, 7) is 10.0. The summed E-state index contributed by atoms with van der Waals surface area (Å²) in [6, 6.07) is 5.14. The summed E-state index contributed by atoms with van der Waals surface area (Å²) in [5.41, 5.74) is 7.15. The third-order valence-corrected chi connectivity index (χ3v) is 4.28. The van der Waals surface area contributed by atoms with Crippen LogP contribution in [-0.4, -0.2) is 18.0 Å². The van der Waals surface area contributed by atoms with Gasteiger partial charge in [0.25, 0.3) is 0 Å². The van der Waals surface area contributed by atoms with Crippen molar-refractivity contribution in [2.75, 3.05) is 18.8 Å². The minimum Gasteiger partial charge on any atom is -0.396 e. The molecule has 0 radical (unpaired) electrons. The van der Waals surface area contributed by atoms with E-state index in [0.717, 1.165) is 31.1 Å². The van der Waals surface area contributed by atoms with Gasteiger partial charge in [-0.2, -0.15) is 0 Å². The highest BCUT2D eigenvalue weighted by Crippen LogP contribution is 2.34. The van der Waals surface area contributed by atoms with Gasteiger partial charge >= 0.3 is 0 Å². The zero-order chi connectivity index (χ0) is 14.0. The van der Waals surface area contributed by atoms with E-state index in [4.69, 9.17) is 5.73 Å². The van der Waals surface area contributed by atoms with E-state index in [2.05, 4.69) is 25.7 Å². The largest absolute Gasteiger partial charge is 0.396 e. The van der Waals surface area contributed by atoms with Gasteiger partial charge in [0.05, 0.1) is 5.69 Å². The molecule has 19 heavy (non-hydrogen) atoms. The van der Waals surface area contributed by atoms with E-state index in [9.17, 15) is 4.39 Å². The number of nitrogens with two attached hydrogens (primary N) is 1. The van der Waals surface area contributed by atoms with Crippen LogP contribution in [-0.2, 0) is 6.54 Å². The van der Waals surface area contributed by atoms with Crippen molar-refractivity contribution < 1.29 is 4.39 Å². The maximum Gasteiger partial charge on any atom is 0.146 e. The number of hydrogen-bond donors (Lipinski definition) is 1. The summed E-state index contributed by atoms with van der Waals surface area (Å²) in [6.07, 6.45) is 2.47. The van der Waals surface area contributed by atoms with Crippen molar-refractivity contribution in [2.45, 2.75) is 40.2 Å². The van der Waals surface area contributed by atoms with Crippen LogP contribution in [0.2, 0.25) is 0 Å². The van der Waals surface area contributed by atoms with Crippen LogP contribution in [0.3, 0.4) is 0 Å². The highest BCUT2D eigenvalue weighted by Gasteiger charge is 2.28. The molecule has 0 unspecified atom stereocenters. The number of piperidine rings is 1. The van der Waals surface area contributed by atoms with Gasteiger partial charge in [0.2, 0.25) is 0 Å². The molecule has 3 heteroatoms. The molecule has 0 atom stereocenters. The van der Waals surface area contributed by atoms with Crippen molar-refractivity contribution in [3.8, 4) is 0 Å². The van der Waals surface area contributed by atoms with Gasteiger partial charge in [-0.05, 0) is 55.0 Å². The first-order valence-corrected chi connectivity index (χ1v) is 7.12. The van der Waals surface area contributed by atoms with Crippen LogP contribution in [0.5, 0.6) is 0 Å². The summed E-state index contributed by atoms with van der Waals surface area (Å²) < 4.78 is 13.4. The van der Waals surface area contributed by atoms with Gasteiger partial charge in [-0.1, -0.05) is 26.8 Å². The molecule has 1 saturated heterocycles. The Labute approximate surface area is 115 Å². The first-order chi connectivity index (χ1) is 8.86. The average molecular weight is 264 g/mol. The minimum absolute atomic E-state index is 0.232. The number of rotatable bonds is 2. The molecule has 2 nitrogen and oxygen atoms in total. The number of nitrogen functional groups attached to an aromatic ring is 1. The Bertz CT molecular complexity index is 429. The van der Waals surface area contributed by atoms with Crippen LogP contribution in [0.25, 0.3) is 0 Å². The van der Waals surface area contributed by atoms with Crippen molar-refractivity contribution in [1.29, 1.82) is 0 Å². The SMILES string of the molecule is CC(C)(C)C1CCN(Cc2ccc(N)c(F)c2)CC1. The fraction of sp³-hybridized carbons (Fsp3) is 0.625. The van der Waals surface area contributed by atoms with E-state index < -0.39 is 0 Å². The molecule has 1 aliphatic rings. The van der Waals surface area contributed by atoms with Crippen LogP contribution in [0, 0.1) is 17.2 Å². The third-order valence-electron chi connectivity index (χ3n) is 4.28. The maximum absolute atomic E-state index is 13.4. The smallest absolute Gasteiger partial charge is 0.146 e. The Morgan fingerprint density at radius 3 is 2.42 bits per heavy atom. The van der Waals surface area contributed by atoms with Crippen molar-refractivity contribution >= 4 is 5.69 Å². The molecule has 1 aromatic carbocycles. The first kappa shape index (κ1) is 14.3. The lowest BCUT2D eigenvalue weighted by Gasteiger charge is -2.38. The van der Waals surface area contributed by atoms with E-state index in [1.165, 1.54) is 12.8 Å². The Hall–Kier alpha value is -1.09. The standard InChI is InChI=1S/C16H25FN2/c1-16(2,3)13-6-8-19(9-7-13)11-12-4-5-15(18)14(17)10-12/h4-5,10,13H,6-9,11,18H2,1-3H3. The lowest BCUT2D eigenvalue weighted by atomic mass is 9.75. The monoisotopic (exact) mass is 264 g/mol. The predicted octanol–water partition coefficient (Wildman–Crippen LogP) is 3.67. The van der Waals surface area contributed by atoms with E-state index in [0.29, 0.717) is 5.41 Å². The third kappa shape index (κ3) is 3.69. The molecule has 1 aromatic rings. The van der Waals surface area contributed by atoms with E-state index in [1.807, 2.05) is 6.07 Å². The molecule has 0 spiro atoms. The average Bonchev–Trinajstić information content (AvgIpc) is 2.33. The maximum atomic E-state index is 13.4. The zero-order valence-electron chi connectivity index (χ0n) is 12.2. The second kappa shape index (κ2) is 5.49. The molecule has 0 saturated carbocycles. The van der Waals surface area contributed by atoms with Crippen molar-refractivity contribution in [1.82, 2.24) is 4.90 Å². The van der Waals surface area contributed by atoms with E-state index in [1.54, 1.807) is 12.1 Å². The van der Waals surface area contributed by atoms with Crippen LogP contribution >= 0.6 is 0 Å². The molecule has 0 amide bonds. The molecule has 0 aromatic heterocycles. The fourth-order valence-electron chi connectivity index (χ4n) is 2.88. The second-order valence-corrected chi connectivity index (χ2v) is 6.77. The Balaban J connectivity index is 1.90. The van der Waals surface area contributed by atoms with Gasteiger partial charge < -0.3 is 5.73 Å². The Morgan fingerprint density at radius 1 is 1.26 bits per heavy atom. The zero-order valence-corrected chi connectivity index (χ0v) is 12.2. The van der Waals surface area contributed by atoms with Gasteiger partial charge in [-0.3, -0.25) is 4.90 Å². The van der Waals surface area contributed by atoms with Crippen LogP contribution in [0.15, 0.2) is 18.2 Å².